The molecule has 0 saturated carbocycles. The summed E-state index contributed by atoms with van der Waals surface area (Å²) in [5, 5.41) is 2.71. The van der Waals surface area contributed by atoms with E-state index in [1.807, 2.05) is 18.2 Å². The van der Waals surface area contributed by atoms with Crippen LogP contribution in [0.25, 0.3) is 0 Å². The summed E-state index contributed by atoms with van der Waals surface area (Å²) in [7, 11) is 0. The lowest BCUT2D eigenvalue weighted by molar-refractivity contribution is -0.123. The molecule has 2 rings (SSSR count). The van der Waals surface area contributed by atoms with Gasteiger partial charge in [-0.3, -0.25) is 4.79 Å². The average molecular weight is 369 g/mol. The summed E-state index contributed by atoms with van der Waals surface area (Å²) in [5.41, 5.74) is 1.04. The minimum Gasteiger partial charge on any atom is -0.494 e. The molecular weight excluding hydrogens is 342 g/mol. The standard InChI is InChI=1S/C22H27NO4/c1-3-4-5-9-16-26-20-14-12-18(13-15-20)22(25)27-17(2)21(24)23-19-10-7-6-8-11-19/h6-8,10-15,17H,3-5,9,16H2,1-2H3,(H,23,24). The molecular formula is C22H27NO4. The fraction of sp³-hybridized carbons (Fsp3) is 0.364. The maximum atomic E-state index is 12.2. The van der Waals surface area contributed by atoms with Crippen molar-refractivity contribution in [2.75, 3.05) is 11.9 Å². The Balaban J connectivity index is 1.80. The van der Waals surface area contributed by atoms with E-state index in [2.05, 4.69) is 12.2 Å². The van der Waals surface area contributed by atoms with Crippen molar-refractivity contribution in [2.45, 2.75) is 45.6 Å². The molecule has 2 aromatic rings. The Morgan fingerprint density at radius 1 is 0.963 bits per heavy atom. The number of benzene rings is 2. The number of hydrogen-bond donors (Lipinski definition) is 1. The van der Waals surface area contributed by atoms with Crippen molar-refractivity contribution in [2.24, 2.45) is 0 Å². The zero-order valence-electron chi connectivity index (χ0n) is 15.9. The van der Waals surface area contributed by atoms with E-state index in [0.717, 1.165) is 18.6 Å². The van der Waals surface area contributed by atoms with Crippen LogP contribution in [-0.4, -0.2) is 24.6 Å². The summed E-state index contributed by atoms with van der Waals surface area (Å²) in [5.74, 6) is -0.195. The Kier molecular flexibility index (Phi) is 8.36. The normalized spacial score (nSPS) is 11.5. The Bertz CT molecular complexity index is 713. The number of unbranched alkanes of at least 4 members (excludes halogenated alkanes) is 3. The predicted molar refractivity (Wildman–Crippen MR) is 106 cm³/mol. The summed E-state index contributed by atoms with van der Waals surface area (Å²) < 4.78 is 10.9. The summed E-state index contributed by atoms with van der Waals surface area (Å²) in [6, 6.07) is 15.8. The number of rotatable bonds is 10. The molecule has 1 unspecified atom stereocenters. The third kappa shape index (κ3) is 7.13. The van der Waals surface area contributed by atoms with Gasteiger partial charge in [-0.25, -0.2) is 4.79 Å². The van der Waals surface area contributed by atoms with E-state index >= 15 is 0 Å². The molecule has 0 bridgehead atoms. The molecule has 5 heteroatoms. The highest BCUT2D eigenvalue weighted by Crippen LogP contribution is 2.15. The van der Waals surface area contributed by atoms with Crippen molar-refractivity contribution in [3.63, 3.8) is 0 Å². The van der Waals surface area contributed by atoms with Crippen LogP contribution in [0.1, 0.15) is 49.9 Å². The summed E-state index contributed by atoms with van der Waals surface area (Å²) >= 11 is 0. The lowest BCUT2D eigenvalue weighted by Gasteiger charge is -2.14. The van der Waals surface area contributed by atoms with Crippen LogP contribution in [0.3, 0.4) is 0 Å². The quantitative estimate of drug-likeness (QED) is 0.481. The van der Waals surface area contributed by atoms with Crippen LogP contribution in [0.2, 0.25) is 0 Å². The minimum absolute atomic E-state index is 0.374. The molecule has 0 saturated heterocycles. The molecule has 27 heavy (non-hydrogen) atoms. The first-order valence-corrected chi connectivity index (χ1v) is 9.40. The molecule has 144 valence electrons. The van der Waals surface area contributed by atoms with E-state index in [9.17, 15) is 9.59 Å². The first-order valence-electron chi connectivity index (χ1n) is 9.40. The predicted octanol–water partition coefficient (Wildman–Crippen LogP) is 4.83. The fourth-order valence-electron chi connectivity index (χ4n) is 2.45. The van der Waals surface area contributed by atoms with E-state index in [4.69, 9.17) is 9.47 Å². The molecule has 0 aromatic heterocycles. The van der Waals surface area contributed by atoms with Crippen molar-refractivity contribution < 1.29 is 19.1 Å². The Morgan fingerprint density at radius 2 is 1.67 bits per heavy atom. The number of ether oxygens (including phenoxy) is 2. The van der Waals surface area contributed by atoms with E-state index in [0.29, 0.717) is 17.9 Å². The van der Waals surface area contributed by atoms with E-state index in [-0.39, 0.29) is 5.91 Å². The molecule has 0 spiro atoms. The molecule has 0 aliphatic rings. The second kappa shape index (κ2) is 11.0. The number of carbonyl (C=O) groups is 2. The van der Waals surface area contributed by atoms with Gasteiger partial charge in [-0.15, -0.1) is 0 Å². The van der Waals surface area contributed by atoms with Crippen molar-refractivity contribution in [3.8, 4) is 5.75 Å². The second-order valence-electron chi connectivity index (χ2n) is 6.34. The molecule has 0 aliphatic carbocycles. The van der Waals surface area contributed by atoms with Crippen molar-refractivity contribution in [1.82, 2.24) is 0 Å². The van der Waals surface area contributed by atoms with Crippen molar-refractivity contribution in [1.29, 1.82) is 0 Å². The summed E-state index contributed by atoms with van der Waals surface area (Å²) in [6.07, 6.45) is 3.69. The first-order chi connectivity index (χ1) is 13.1. The highest BCUT2D eigenvalue weighted by Gasteiger charge is 2.19. The molecule has 1 amide bonds. The van der Waals surface area contributed by atoms with Crippen LogP contribution < -0.4 is 10.1 Å². The minimum atomic E-state index is -0.896. The monoisotopic (exact) mass is 369 g/mol. The Hall–Kier alpha value is -2.82. The molecule has 0 fully saturated rings. The van der Waals surface area contributed by atoms with Gasteiger partial charge in [0.25, 0.3) is 5.91 Å². The number of para-hydroxylation sites is 1. The SMILES string of the molecule is CCCCCCOc1ccc(C(=O)OC(C)C(=O)Nc2ccccc2)cc1. The highest BCUT2D eigenvalue weighted by molar-refractivity contribution is 5.97. The van der Waals surface area contributed by atoms with Crippen molar-refractivity contribution >= 4 is 17.6 Å². The first kappa shape index (κ1) is 20.5. The lowest BCUT2D eigenvalue weighted by Crippen LogP contribution is -2.29. The largest absolute Gasteiger partial charge is 0.494 e. The van der Waals surface area contributed by atoms with Crippen LogP contribution >= 0.6 is 0 Å². The van der Waals surface area contributed by atoms with Gasteiger partial charge in [0.2, 0.25) is 0 Å². The van der Waals surface area contributed by atoms with E-state index in [1.165, 1.54) is 12.8 Å². The maximum absolute atomic E-state index is 12.2. The molecule has 5 nitrogen and oxygen atoms in total. The average Bonchev–Trinajstić information content (AvgIpc) is 2.69. The number of amides is 1. The van der Waals surface area contributed by atoms with Gasteiger partial charge in [0.05, 0.1) is 12.2 Å². The van der Waals surface area contributed by atoms with Gasteiger partial charge in [0, 0.05) is 5.69 Å². The zero-order valence-corrected chi connectivity index (χ0v) is 15.9. The van der Waals surface area contributed by atoms with Gasteiger partial charge < -0.3 is 14.8 Å². The van der Waals surface area contributed by atoms with Crippen LogP contribution in [0.5, 0.6) is 5.75 Å². The number of nitrogens with one attached hydrogen (secondary N) is 1. The van der Waals surface area contributed by atoms with Crippen molar-refractivity contribution in [3.05, 3.63) is 60.2 Å². The number of hydrogen-bond acceptors (Lipinski definition) is 4. The molecule has 0 aliphatic heterocycles. The van der Waals surface area contributed by atoms with Crippen LogP contribution in [0.4, 0.5) is 5.69 Å². The third-order valence-electron chi connectivity index (χ3n) is 4.05. The second-order valence-corrected chi connectivity index (χ2v) is 6.34. The number of esters is 1. The van der Waals surface area contributed by atoms with Crippen LogP contribution in [0.15, 0.2) is 54.6 Å². The zero-order chi connectivity index (χ0) is 19.5. The van der Waals surface area contributed by atoms with Gasteiger partial charge in [0.1, 0.15) is 5.75 Å². The smallest absolute Gasteiger partial charge is 0.338 e. The Labute approximate surface area is 160 Å². The van der Waals surface area contributed by atoms with E-state index < -0.39 is 12.1 Å². The molecule has 0 radical (unpaired) electrons. The van der Waals surface area contributed by atoms with Gasteiger partial charge in [-0.05, 0) is 49.7 Å². The topological polar surface area (TPSA) is 64.6 Å². The molecule has 1 N–H and O–H groups in total. The molecule has 2 aromatic carbocycles. The highest BCUT2D eigenvalue weighted by atomic mass is 16.5. The lowest BCUT2D eigenvalue weighted by atomic mass is 10.2. The maximum Gasteiger partial charge on any atom is 0.338 e. The van der Waals surface area contributed by atoms with E-state index in [1.54, 1.807) is 43.3 Å². The number of anilines is 1. The third-order valence-corrected chi connectivity index (χ3v) is 4.05. The van der Waals surface area contributed by atoms with Gasteiger partial charge in [-0.2, -0.15) is 0 Å². The van der Waals surface area contributed by atoms with Crippen LogP contribution in [0, 0.1) is 0 Å². The molecule has 0 heterocycles. The number of carbonyl (C=O) groups excluding carboxylic acids is 2. The van der Waals surface area contributed by atoms with Crippen LogP contribution in [-0.2, 0) is 9.53 Å². The molecule has 1 atom stereocenters. The van der Waals surface area contributed by atoms with Gasteiger partial charge in [-0.1, -0.05) is 44.4 Å². The summed E-state index contributed by atoms with van der Waals surface area (Å²) in [4.78, 5) is 24.3. The fourth-order valence-corrected chi connectivity index (χ4v) is 2.45. The van der Waals surface area contributed by atoms with Gasteiger partial charge >= 0.3 is 5.97 Å². The van der Waals surface area contributed by atoms with Gasteiger partial charge in [0.15, 0.2) is 6.10 Å². The Morgan fingerprint density at radius 3 is 2.33 bits per heavy atom. The summed E-state index contributed by atoms with van der Waals surface area (Å²) in [6.45, 7) is 4.38.